The molecule has 0 unspecified atom stereocenters. The smallest absolute Gasteiger partial charge is 0.261 e. The number of hydrogen-bond donors (Lipinski definition) is 1. The van der Waals surface area contributed by atoms with Gasteiger partial charge in [-0.05, 0) is 62.4 Å². The largest absolute Gasteiger partial charge is 0.483 e. The van der Waals surface area contributed by atoms with Crippen LogP contribution in [-0.4, -0.2) is 35.4 Å². The summed E-state index contributed by atoms with van der Waals surface area (Å²) in [5.41, 5.74) is 5.11. The van der Waals surface area contributed by atoms with E-state index in [1.165, 1.54) is 0 Å². The standard InChI is InChI=1S/C31H38N2O3/c1-6-25(5)32-31(35)28(19-26-12-8-7-9-13-26)33(20-27-14-10-11-22(2)17-27)30(34)21-36-29-18-23(3)15-16-24(29)4/h7-18,25,28H,6,19-21H2,1-5H3,(H,32,35)/t25-,28-/m1/s1. The summed E-state index contributed by atoms with van der Waals surface area (Å²) in [7, 11) is 0. The Labute approximate surface area is 215 Å². The highest BCUT2D eigenvalue weighted by atomic mass is 16.5. The quantitative estimate of drug-likeness (QED) is 0.387. The van der Waals surface area contributed by atoms with Crippen molar-refractivity contribution < 1.29 is 14.3 Å². The van der Waals surface area contributed by atoms with Crippen molar-refractivity contribution >= 4 is 11.8 Å². The van der Waals surface area contributed by atoms with Crippen molar-refractivity contribution in [2.75, 3.05) is 6.61 Å². The molecule has 3 aromatic carbocycles. The van der Waals surface area contributed by atoms with Crippen LogP contribution in [0.25, 0.3) is 0 Å². The lowest BCUT2D eigenvalue weighted by Gasteiger charge is -2.32. The number of nitrogens with one attached hydrogen (secondary N) is 1. The van der Waals surface area contributed by atoms with Gasteiger partial charge in [0.2, 0.25) is 5.91 Å². The molecule has 0 aliphatic carbocycles. The third-order valence-corrected chi connectivity index (χ3v) is 6.40. The molecule has 3 aromatic rings. The van der Waals surface area contributed by atoms with Crippen LogP contribution in [0.2, 0.25) is 0 Å². The van der Waals surface area contributed by atoms with Gasteiger partial charge in [0.15, 0.2) is 6.61 Å². The lowest BCUT2D eigenvalue weighted by atomic mass is 10.0. The molecular formula is C31H38N2O3. The van der Waals surface area contributed by atoms with Crippen LogP contribution < -0.4 is 10.1 Å². The molecule has 2 amide bonds. The SMILES string of the molecule is CC[C@@H](C)NC(=O)[C@@H](Cc1ccccc1)N(Cc1cccc(C)c1)C(=O)COc1cc(C)ccc1C. The number of hydrogen-bond acceptors (Lipinski definition) is 3. The molecule has 0 radical (unpaired) electrons. The van der Waals surface area contributed by atoms with Crippen molar-refractivity contribution in [1.82, 2.24) is 10.2 Å². The van der Waals surface area contributed by atoms with E-state index in [1.807, 2.05) is 101 Å². The number of amides is 2. The zero-order valence-electron chi connectivity index (χ0n) is 22.1. The van der Waals surface area contributed by atoms with Gasteiger partial charge in [0.1, 0.15) is 11.8 Å². The fourth-order valence-electron chi connectivity index (χ4n) is 4.09. The van der Waals surface area contributed by atoms with E-state index in [4.69, 9.17) is 4.74 Å². The van der Waals surface area contributed by atoms with Crippen LogP contribution in [0.1, 0.15) is 48.1 Å². The predicted octanol–water partition coefficient (Wildman–Crippen LogP) is 5.55. The molecule has 0 saturated carbocycles. The van der Waals surface area contributed by atoms with E-state index < -0.39 is 6.04 Å². The molecule has 36 heavy (non-hydrogen) atoms. The summed E-state index contributed by atoms with van der Waals surface area (Å²) in [6.07, 6.45) is 1.23. The van der Waals surface area contributed by atoms with Crippen molar-refractivity contribution in [3.8, 4) is 5.75 Å². The lowest BCUT2D eigenvalue weighted by Crippen LogP contribution is -2.53. The van der Waals surface area contributed by atoms with Crippen molar-refractivity contribution in [1.29, 1.82) is 0 Å². The second-order valence-corrected chi connectivity index (χ2v) is 9.59. The predicted molar refractivity (Wildman–Crippen MR) is 145 cm³/mol. The summed E-state index contributed by atoms with van der Waals surface area (Å²) in [4.78, 5) is 28.9. The van der Waals surface area contributed by atoms with E-state index in [1.54, 1.807) is 4.90 Å². The monoisotopic (exact) mass is 486 g/mol. The second kappa shape index (κ2) is 12.9. The third-order valence-electron chi connectivity index (χ3n) is 6.40. The first-order valence-electron chi connectivity index (χ1n) is 12.7. The van der Waals surface area contributed by atoms with E-state index >= 15 is 0 Å². The molecular weight excluding hydrogens is 448 g/mol. The Morgan fingerprint density at radius 2 is 1.58 bits per heavy atom. The van der Waals surface area contributed by atoms with Crippen molar-refractivity contribution in [2.45, 2.75) is 66.1 Å². The normalized spacial score (nSPS) is 12.5. The van der Waals surface area contributed by atoms with Crippen molar-refractivity contribution in [2.24, 2.45) is 0 Å². The van der Waals surface area contributed by atoms with Gasteiger partial charge in [-0.15, -0.1) is 0 Å². The highest BCUT2D eigenvalue weighted by Gasteiger charge is 2.31. The van der Waals surface area contributed by atoms with Gasteiger partial charge in [-0.2, -0.15) is 0 Å². The molecule has 2 atom stereocenters. The Morgan fingerprint density at radius 1 is 0.889 bits per heavy atom. The van der Waals surface area contributed by atoms with Crippen LogP contribution in [-0.2, 0) is 22.6 Å². The summed E-state index contributed by atoms with van der Waals surface area (Å²) in [6.45, 7) is 10.2. The first-order valence-corrected chi connectivity index (χ1v) is 12.7. The molecule has 3 rings (SSSR count). The van der Waals surface area contributed by atoms with Crippen LogP contribution >= 0.6 is 0 Å². The van der Waals surface area contributed by atoms with Gasteiger partial charge >= 0.3 is 0 Å². The first kappa shape index (κ1) is 27.0. The van der Waals surface area contributed by atoms with E-state index in [0.717, 1.165) is 34.2 Å². The molecule has 5 heteroatoms. The Balaban J connectivity index is 1.93. The Hall–Kier alpha value is -3.60. The molecule has 0 aliphatic heterocycles. The fraction of sp³-hybridized carbons (Fsp3) is 0.355. The van der Waals surface area contributed by atoms with Crippen LogP contribution in [0.3, 0.4) is 0 Å². The molecule has 190 valence electrons. The van der Waals surface area contributed by atoms with Gasteiger partial charge in [-0.3, -0.25) is 9.59 Å². The maximum absolute atomic E-state index is 13.7. The third kappa shape index (κ3) is 7.70. The van der Waals surface area contributed by atoms with Gasteiger partial charge < -0.3 is 15.0 Å². The maximum atomic E-state index is 13.7. The van der Waals surface area contributed by atoms with Crippen LogP contribution in [0.15, 0.2) is 72.8 Å². The summed E-state index contributed by atoms with van der Waals surface area (Å²) in [5.74, 6) is 0.307. The number of aryl methyl sites for hydroxylation is 3. The number of nitrogens with zero attached hydrogens (tertiary/aromatic N) is 1. The highest BCUT2D eigenvalue weighted by Crippen LogP contribution is 2.21. The van der Waals surface area contributed by atoms with Crippen molar-refractivity contribution in [3.05, 3.63) is 101 Å². The van der Waals surface area contributed by atoms with Crippen LogP contribution in [0, 0.1) is 20.8 Å². The summed E-state index contributed by atoms with van der Waals surface area (Å²) >= 11 is 0. The zero-order valence-corrected chi connectivity index (χ0v) is 22.1. The summed E-state index contributed by atoms with van der Waals surface area (Å²) < 4.78 is 5.98. The molecule has 5 nitrogen and oxygen atoms in total. The van der Waals surface area contributed by atoms with E-state index in [9.17, 15) is 9.59 Å². The highest BCUT2D eigenvalue weighted by molar-refractivity contribution is 5.88. The minimum atomic E-state index is -0.670. The average molecular weight is 487 g/mol. The van der Waals surface area contributed by atoms with Gasteiger partial charge in [-0.25, -0.2) is 0 Å². The molecule has 0 fully saturated rings. The van der Waals surface area contributed by atoms with Gasteiger partial charge in [0.05, 0.1) is 0 Å². The topological polar surface area (TPSA) is 58.6 Å². The number of rotatable bonds is 11. The maximum Gasteiger partial charge on any atom is 0.261 e. The minimum Gasteiger partial charge on any atom is -0.483 e. The van der Waals surface area contributed by atoms with E-state index in [2.05, 4.69) is 11.4 Å². The first-order chi connectivity index (χ1) is 17.3. The molecule has 0 heterocycles. The van der Waals surface area contributed by atoms with Crippen LogP contribution in [0.5, 0.6) is 5.75 Å². The number of carbonyl (C=O) groups excluding carboxylic acids is 2. The second-order valence-electron chi connectivity index (χ2n) is 9.59. The molecule has 0 aromatic heterocycles. The molecule has 0 bridgehead atoms. The Bertz CT molecular complexity index is 1160. The van der Waals surface area contributed by atoms with E-state index in [-0.39, 0.29) is 24.5 Å². The van der Waals surface area contributed by atoms with E-state index in [0.29, 0.717) is 18.7 Å². The molecule has 1 N–H and O–H groups in total. The summed E-state index contributed by atoms with van der Waals surface area (Å²) in [6, 6.07) is 23.2. The number of carbonyl (C=O) groups is 2. The Kier molecular flexibility index (Phi) is 9.69. The van der Waals surface area contributed by atoms with Crippen molar-refractivity contribution in [3.63, 3.8) is 0 Å². The number of benzene rings is 3. The summed E-state index contributed by atoms with van der Waals surface area (Å²) in [5, 5.41) is 3.10. The van der Waals surface area contributed by atoms with Crippen LogP contribution in [0.4, 0.5) is 0 Å². The fourth-order valence-corrected chi connectivity index (χ4v) is 4.09. The zero-order chi connectivity index (χ0) is 26.1. The van der Waals surface area contributed by atoms with Gasteiger partial charge in [0.25, 0.3) is 5.91 Å². The van der Waals surface area contributed by atoms with Gasteiger partial charge in [-0.1, -0.05) is 79.2 Å². The minimum absolute atomic E-state index is 0.0119. The average Bonchev–Trinajstić information content (AvgIpc) is 2.87. The molecule has 0 saturated heterocycles. The lowest BCUT2D eigenvalue weighted by molar-refractivity contribution is -0.143. The molecule has 0 aliphatic rings. The number of ether oxygens (including phenoxy) is 1. The Morgan fingerprint density at radius 3 is 2.28 bits per heavy atom. The van der Waals surface area contributed by atoms with Gasteiger partial charge in [0, 0.05) is 19.0 Å². The molecule has 0 spiro atoms.